The normalized spacial score (nSPS) is 22.1. The summed E-state index contributed by atoms with van der Waals surface area (Å²) in [7, 11) is 2.03. The van der Waals surface area contributed by atoms with Gasteiger partial charge in [-0.2, -0.15) is 5.10 Å². The zero-order valence-electron chi connectivity index (χ0n) is 6.49. The van der Waals surface area contributed by atoms with Gasteiger partial charge in [0.1, 0.15) is 0 Å². The van der Waals surface area contributed by atoms with E-state index in [1.807, 2.05) is 13.3 Å². The number of hydrogen-bond acceptors (Lipinski definition) is 2. The molecule has 3 nitrogen and oxygen atoms in total. The molecule has 0 aliphatic carbocycles. The van der Waals surface area contributed by atoms with E-state index in [2.05, 4.69) is 33.6 Å². The van der Waals surface area contributed by atoms with Crippen molar-refractivity contribution < 1.29 is 0 Å². The van der Waals surface area contributed by atoms with Crippen molar-refractivity contribution in [3.05, 3.63) is 24.0 Å². The molecule has 0 bridgehead atoms. The van der Waals surface area contributed by atoms with Crippen LogP contribution in [0.3, 0.4) is 0 Å². The molecule has 2 heterocycles. The Bertz CT molecular complexity index is 267. The average molecular weight is 149 g/mol. The van der Waals surface area contributed by atoms with Crippen molar-refractivity contribution in [1.82, 2.24) is 9.99 Å². The second-order valence-electron chi connectivity index (χ2n) is 2.84. The quantitative estimate of drug-likeness (QED) is 0.635. The number of aromatic nitrogens is 1. The minimum atomic E-state index is 0.399. The molecule has 0 amide bonds. The molecular weight excluding hydrogens is 138 g/mol. The molecule has 1 aromatic rings. The van der Waals surface area contributed by atoms with Gasteiger partial charge in [0.15, 0.2) is 0 Å². The van der Waals surface area contributed by atoms with Gasteiger partial charge in [-0.15, -0.1) is 0 Å². The summed E-state index contributed by atoms with van der Waals surface area (Å²) in [4.78, 5) is 0. The monoisotopic (exact) mass is 149 g/mol. The third-order valence-corrected chi connectivity index (χ3v) is 1.92. The van der Waals surface area contributed by atoms with Crippen molar-refractivity contribution in [3.63, 3.8) is 0 Å². The van der Waals surface area contributed by atoms with Crippen LogP contribution in [-0.4, -0.2) is 10.8 Å². The standard InChI is InChI=1S/C8H11N3/c1-11-5-3-7(6-11)8-2-4-9-10-8/h3-6,8,10H,2H2,1H3. The molecule has 58 valence electrons. The first-order valence-electron chi connectivity index (χ1n) is 3.75. The van der Waals surface area contributed by atoms with Gasteiger partial charge >= 0.3 is 0 Å². The number of rotatable bonds is 1. The third-order valence-electron chi connectivity index (χ3n) is 1.92. The van der Waals surface area contributed by atoms with Gasteiger partial charge in [0.25, 0.3) is 0 Å². The van der Waals surface area contributed by atoms with E-state index >= 15 is 0 Å². The Morgan fingerprint density at radius 2 is 2.64 bits per heavy atom. The van der Waals surface area contributed by atoms with E-state index in [1.165, 1.54) is 5.56 Å². The zero-order chi connectivity index (χ0) is 7.68. The van der Waals surface area contributed by atoms with Crippen molar-refractivity contribution in [2.45, 2.75) is 12.5 Å². The summed E-state index contributed by atoms with van der Waals surface area (Å²) in [6, 6.07) is 2.52. The van der Waals surface area contributed by atoms with Crippen LogP contribution in [0.25, 0.3) is 0 Å². The molecule has 1 aliphatic heterocycles. The van der Waals surface area contributed by atoms with Gasteiger partial charge in [-0.25, -0.2) is 0 Å². The van der Waals surface area contributed by atoms with Crippen LogP contribution in [0.1, 0.15) is 18.0 Å². The van der Waals surface area contributed by atoms with Crippen LogP contribution in [0.2, 0.25) is 0 Å². The Morgan fingerprint density at radius 1 is 1.73 bits per heavy atom. The Morgan fingerprint density at radius 3 is 3.18 bits per heavy atom. The van der Waals surface area contributed by atoms with Crippen LogP contribution >= 0.6 is 0 Å². The summed E-state index contributed by atoms with van der Waals surface area (Å²) < 4.78 is 2.05. The van der Waals surface area contributed by atoms with Crippen LogP contribution in [-0.2, 0) is 7.05 Å². The van der Waals surface area contributed by atoms with Crippen LogP contribution in [0.4, 0.5) is 0 Å². The van der Waals surface area contributed by atoms with Crippen molar-refractivity contribution >= 4 is 6.21 Å². The highest BCUT2D eigenvalue weighted by molar-refractivity contribution is 5.60. The van der Waals surface area contributed by atoms with Gasteiger partial charge in [0.2, 0.25) is 0 Å². The number of nitrogens with zero attached hydrogens (tertiary/aromatic N) is 2. The fourth-order valence-electron chi connectivity index (χ4n) is 1.30. The molecule has 1 aromatic heterocycles. The second-order valence-corrected chi connectivity index (χ2v) is 2.84. The summed E-state index contributed by atoms with van der Waals surface area (Å²) in [5.41, 5.74) is 4.35. The van der Waals surface area contributed by atoms with Gasteiger partial charge < -0.3 is 9.99 Å². The largest absolute Gasteiger partial charge is 0.357 e. The van der Waals surface area contributed by atoms with Gasteiger partial charge in [0, 0.05) is 32.1 Å². The highest BCUT2D eigenvalue weighted by Gasteiger charge is 2.12. The molecule has 0 aromatic carbocycles. The second kappa shape index (κ2) is 2.42. The number of nitrogens with one attached hydrogen (secondary N) is 1. The molecule has 0 fully saturated rings. The lowest BCUT2D eigenvalue weighted by atomic mass is 10.1. The number of hydrazone groups is 1. The summed E-state index contributed by atoms with van der Waals surface area (Å²) in [6.45, 7) is 0. The maximum absolute atomic E-state index is 3.97. The van der Waals surface area contributed by atoms with Gasteiger partial charge in [-0.3, -0.25) is 0 Å². The Hall–Kier alpha value is -1.25. The summed E-state index contributed by atoms with van der Waals surface area (Å²) in [6.07, 6.45) is 7.09. The molecule has 2 rings (SSSR count). The first-order chi connectivity index (χ1) is 5.36. The molecule has 1 aliphatic rings. The van der Waals surface area contributed by atoms with Crippen LogP contribution in [0, 0.1) is 0 Å². The summed E-state index contributed by atoms with van der Waals surface area (Å²) in [5, 5.41) is 3.97. The Labute approximate surface area is 65.7 Å². The molecule has 0 saturated heterocycles. The van der Waals surface area contributed by atoms with Gasteiger partial charge in [-0.05, 0) is 11.6 Å². The van der Waals surface area contributed by atoms with E-state index in [9.17, 15) is 0 Å². The third kappa shape index (κ3) is 1.13. The molecule has 1 unspecified atom stereocenters. The Kier molecular flexibility index (Phi) is 1.42. The lowest BCUT2D eigenvalue weighted by Gasteiger charge is -2.05. The highest BCUT2D eigenvalue weighted by atomic mass is 15.3. The van der Waals surface area contributed by atoms with Gasteiger partial charge in [0.05, 0.1) is 6.04 Å². The van der Waals surface area contributed by atoms with Crippen LogP contribution in [0.5, 0.6) is 0 Å². The topological polar surface area (TPSA) is 29.3 Å². The minimum Gasteiger partial charge on any atom is -0.357 e. The lowest BCUT2D eigenvalue weighted by Crippen LogP contribution is -2.08. The summed E-state index contributed by atoms with van der Waals surface area (Å²) in [5.74, 6) is 0. The highest BCUT2D eigenvalue weighted by Crippen LogP contribution is 2.18. The number of hydrogen-bond donors (Lipinski definition) is 1. The van der Waals surface area contributed by atoms with E-state index in [0.29, 0.717) is 6.04 Å². The van der Waals surface area contributed by atoms with Crippen molar-refractivity contribution in [1.29, 1.82) is 0 Å². The SMILES string of the molecule is Cn1ccc(C2CC=NN2)c1. The predicted octanol–water partition coefficient (Wildman–Crippen LogP) is 1.05. The fourth-order valence-corrected chi connectivity index (χ4v) is 1.30. The maximum Gasteiger partial charge on any atom is 0.0754 e. The van der Waals surface area contributed by atoms with Crippen LogP contribution < -0.4 is 5.43 Å². The summed E-state index contributed by atoms with van der Waals surface area (Å²) >= 11 is 0. The van der Waals surface area contributed by atoms with Gasteiger partial charge in [-0.1, -0.05) is 0 Å². The fraction of sp³-hybridized carbons (Fsp3) is 0.375. The number of aryl methyl sites for hydroxylation is 1. The molecule has 3 heteroatoms. The first kappa shape index (κ1) is 6.46. The van der Waals surface area contributed by atoms with Crippen molar-refractivity contribution in [2.75, 3.05) is 0 Å². The van der Waals surface area contributed by atoms with E-state index in [0.717, 1.165) is 6.42 Å². The molecule has 1 atom stereocenters. The molecule has 0 spiro atoms. The molecule has 1 N–H and O–H groups in total. The minimum absolute atomic E-state index is 0.399. The Balaban J connectivity index is 2.17. The predicted molar refractivity (Wildman–Crippen MR) is 44.4 cm³/mol. The van der Waals surface area contributed by atoms with E-state index in [4.69, 9.17) is 0 Å². The van der Waals surface area contributed by atoms with Crippen molar-refractivity contribution in [3.8, 4) is 0 Å². The molecular formula is C8H11N3. The molecule has 0 saturated carbocycles. The van der Waals surface area contributed by atoms with Crippen molar-refractivity contribution in [2.24, 2.45) is 12.1 Å². The van der Waals surface area contributed by atoms with E-state index in [1.54, 1.807) is 0 Å². The average Bonchev–Trinajstić information content (AvgIpc) is 2.55. The zero-order valence-corrected chi connectivity index (χ0v) is 6.49. The molecule has 0 radical (unpaired) electrons. The molecule has 11 heavy (non-hydrogen) atoms. The van der Waals surface area contributed by atoms with E-state index < -0.39 is 0 Å². The van der Waals surface area contributed by atoms with E-state index in [-0.39, 0.29) is 0 Å². The first-order valence-corrected chi connectivity index (χ1v) is 3.75. The smallest absolute Gasteiger partial charge is 0.0754 e. The maximum atomic E-state index is 3.97. The lowest BCUT2D eigenvalue weighted by molar-refractivity contribution is 0.619. The van der Waals surface area contributed by atoms with Crippen LogP contribution in [0.15, 0.2) is 23.6 Å².